The van der Waals surface area contributed by atoms with Crippen LogP contribution in [0.1, 0.15) is 44.7 Å². The van der Waals surface area contributed by atoms with Crippen molar-refractivity contribution < 1.29 is 23.1 Å². The number of nitrogens with zero attached hydrogens (tertiary/aromatic N) is 1. The first-order valence-electron chi connectivity index (χ1n) is 10.6. The second-order valence-electron chi connectivity index (χ2n) is 9.60. The summed E-state index contributed by atoms with van der Waals surface area (Å²) in [5.41, 5.74) is -0.185. The average molecular weight is 427 g/mol. The van der Waals surface area contributed by atoms with Crippen molar-refractivity contribution in [3.8, 4) is 0 Å². The Kier molecular flexibility index (Phi) is 5.36. The Morgan fingerprint density at radius 3 is 2.52 bits per heavy atom. The van der Waals surface area contributed by atoms with E-state index in [1.807, 2.05) is 30.3 Å². The van der Waals surface area contributed by atoms with E-state index in [2.05, 4.69) is 0 Å². The molecule has 1 unspecified atom stereocenters. The maximum absolute atomic E-state index is 14.6. The molecule has 1 saturated carbocycles. The molecule has 2 aromatic rings. The number of rotatable bonds is 5. The van der Waals surface area contributed by atoms with Crippen molar-refractivity contribution in [2.24, 2.45) is 5.92 Å². The first-order chi connectivity index (χ1) is 14.6. The number of fused-ring (bicyclic) bond motifs is 1. The summed E-state index contributed by atoms with van der Waals surface area (Å²) in [6.45, 7) is 5.43. The Hall–Kier alpha value is -2.76. The van der Waals surface area contributed by atoms with Crippen molar-refractivity contribution in [3.05, 3.63) is 71.3 Å². The molecule has 1 aliphatic carbocycles. The summed E-state index contributed by atoms with van der Waals surface area (Å²) in [5.74, 6) is -1.35. The van der Waals surface area contributed by atoms with Crippen LogP contribution in [0.15, 0.2) is 48.5 Å². The van der Waals surface area contributed by atoms with Gasteiger partial charge in [-0.2, -0.15) is 0 Å². The van der Waals surface area contributed by atoms with E-state index in [1.165, 1.54) is 11.0 Å². The number of hydrogen-bond donors (Lipinski definition) is 0. The first-order valence-corrected chi connectivity index (χ1v) is 10.6. The molecule has 164 valence electrons. The van der Waals surface area contributed by atoms with Crippen LogP contribution in [0.5, 0.6) is 0 Å². The SMILES string of the molecule is CC(C)(C)OC(=O)N1C[C@@]2(c3cc(F)ccc3F)C[C@H]2C1C(=O)CCc1ccccc1. The van der Waals surface area contributed by atoms with Gasteiger partial charge in [0.05, 0.1) is 6.04 Å². The number of hydrogen-bond acceptors (Lipinski definition) is 3. The van der Waals surface area contributed by atoms with Gasteiger partial charge in [0.25, 0.3) is 0 Å². The number of ether oxygens (including phenoxy) is 1. The molecular formula is C25H27F2NO3. The molecule has 0 radical (unpaired) electrons. The van der Waals surface area contributed by atoms with Crippen LogP contribution >= 0.6 is 0 Å². The Labute approximate surface area is 181 Å². The number of halogens is 2. The van der Waals surface area contributed by atoms with E-state index in [9.17, 15) is 18.4 Å². The molecule has 0 bridgehead atoms. The van der Waals surface area contributed by atoms with Crippen LogP contribution in [-0.4, -0.2) is 35.0 Å². The normalized spacial score (nSPS) is 24.6. The molecule has 6 heteroatoms. The van der Waals surface area contributed by atoms with Crippen molar-refractivity contribution in [1.82, 2.24) is 4.90 Å². The van der Waals surface area contributed by atoms with E-state index in [0.29, 0.717) is 12.8 Å². The van der Waals surface area contributed by atoms with Gasteiger partial charge in [-0.15, -0.1) is 0 Å². The van der Waals surface area contributed by atoms with Gasteiger partial charge >= 0.3 is 6.09 Å². The summed E-state index contributed by atoms with van der Waals surface area (Å²) in [5, 5.41) is 0. The molecule has 3 atom stereocenters. The minimum absolute atomic E-state index is 0.0732. The van der Waals surface area contributed by atoms with Gasteiger partial charge in [-0.05, 0) is 68.9 Å². The van der Waals surface area contributed by atoms with Gasteiger partial charge in [0.1, 0.15) is 17.2 Å². The molecule has 2 aliphatic rings. The zero-order valence-electron chi connectivity index (χ0n) is 18.0. The minimum Gasteiger partial charge on any atom is -0.444 e. The van der Waals surface area contributed by atoms with E-state index in [4.69, 9.17) is 4.74 Å². The summed E-state index contributed by atoms with van der Waals surface area (Å²) in [6.07, 6.45) is 0.793. The molecule has 1 heterocycles. The highest BCUT2D eigenvalue weighted by atomic mass is 19.1. The Balaban J connectivity index is 1.60. The molecule has 1 aliphatic heterocycles. The molecule has 1 saturated heterocycles. The summed E-state index contributed by atoms with van der Waals surface area (Å²) >= 11 is 0. The van der Waals surface area contributed by atoms with Crippen molar-refractivity contribution >= 4 is 11.9 Å². The molecule has 2 fully saturated rings. The van der Waals surface area contributed by atoms with E-state index in [0.717, 1.165) is 17.7 Å². The lowest BCUT2D eigenvalue weighted by atomic mass is 9.92. The third-order valence-corrected chi connectivity index (χ3v) is 6.23. The second kappa shape index (κ2) is 7.74. The quantitative estimate of drug-likeness (QED) is 0.671. The monoisotopic (exact) mass is 427 g/mol. The number of Topliss-reactive ketones (excluding diaryl/α,β-unsaturated/α-hetero) is 1. The summed E-state index contributed by atoms with van der Waals surface area (Å²) < 4.78 is 34.0. The molecule has 0 spiro atoms. The summed E-state index contributed by atoms with van der Waals surface area (Å²) in [4.78, 5) is 27.6. The number of carbonyl (C=O) groups is 2. The van der Waals surface area contributed by atoms with E-state index in [-0.39, 0.29) is 30.2 Å². The van der Waals surface area contributed by atoms with Gasteiger partial charge in [0.2, 0.25) is 0 Å². The molecule has 1 amide bonds. The average Bonchev–Trinajstić information content (AvgIpc) is 3.32. The number of carbonyl (C=O) groups excluding carboxylic acids is 2. The zero-order chi connectivity index (χ0) is 22.4. The molecule has 4 rings (SSSR count). The van der Waals surface area contributed by atoms with Gasteiger partial charge in [0.15, 0.2) is 5.78 Å². The number of amides is 1. The third-order valence-electron chi connectivity index (χ3n) is 6.23. The minimum atomic E-state index is -0.740. The maximum atomic E-state index is 14.6. The molecule has 0 aromatic heterocycles. The standard InChI is InChI=1S/C25H27F2NO3/c1-24(2,3)31-23(30)28-15-25(18-13-17(26)10-11-20(18)27)14-19(25)22(28)21(29)12-9-16-7-5-4-6-8-16/h4-8,10-11,13,19,22H,9,12,14-15H2,1-3H3/t19-,22?,25+/m0/s1. The van der Waals surface area contributed by atoms with Crippen molar-refractivity contribution in [2.75, 3.05) is 6.54 Å². The van der Waals surface area contributed by atoms with Crippen LogP contribution in [0.2, 0.25) is 0 Å². The Morgan fingerprint density at radius 1 is 1.13 bits per heavy atom. The lowest BCUT2D eigenvalue weighted by molar-refractivity contribution is -0.124. The van der Waals surface area contributed by atoms with E-state index in [1.54, 1.807) is 20.8 Å². The third kappa shape index (κ3) is 4.21. The lowest BCUT2D eigenvalue weighted by Gasteiger charge is -2.30. The van der Waals surface area contributed by atoms with Crippen LogP contribution in [0, 0.1) is 17.6 Å². The highest BCUT2D eigenvalue weighted by Gasteiger charge is 2.69. The topological polar surface area (TPSA) is 46.6 Å². The zero-order valence-corrected chi connectivity index (χ0v) is 18.0. The van der Waals surface area contributed by atoms with E-state index < -0.39 is 34.8 Å². The van der Waals surface area contributed by atoms with E-state index >= 15 is 0 Å². The number of aryl methyl sites for hydroxylation is 1. The predicted octanol–water partition coefficient (Wildman–Crippen LogP) is 5.04. The molecule has 2 aromatic carbocycles. The van der Waals surface area contributed by atoms with Crippen molar-refractivity contribution in [3.63, 3.8) is 0 Å². The van der Waals surface area contributed by atoms with Gasteiger partial charge in [-0.25, -0.2) is 13.6 Å². The molecule has 0 N–H and O–H groups in total. The highest BCUT2D eigenvalue weighted by Crippen LogP contribution is 2.63. The summed E-state index contributed by atoms with van der Waals surface area (Å²) in [7, 11) is 0. The fourth-order valence-corrected chi connectivity index (χ4v) is 4.78. The van der Waals surface area contributed by atoms with Crippen molar-refractivity contribution in [1.29, 1.82) is 0 Å². The van der Waals surface area contributed by atoms with Crippen LogP contribution in [-0.2, 0) is 21.4 Å². The smallest absolute Gasteiger partial charge is 0.410 e. The molecule has 31 heavy (non-hydrogen) atoms. The Morgan fingerprint density at radius 2 is 1.84 bits per heavy atom. The van der Waals surface area contributed by atoms with Crippen LogP contribution in [0.3, 0.4) is 0 Å². The van der Waals surface area contributed by atoms with Gasteiger partial charge in [-0.3, -0.25) is 9.69 Å². The molecule has 4 nitrogen and oxygen atoms in total. The molecular weight excluding hydrogens is 400 g/mol. The van der Waals surface area contributed by atoms with Gasteiger partial charge < -0.3 is 4.74 Å². The maximum Gasteiger partial charge on any atom is 0.410 e. The largest absolute Gasteiger partial charge is 0.444 e. The summed E-state index contributed by atoms with van der Waals surface area (Å²) in [6, 6.07) is 12.3. The number of piperidine rings is 1. The number of likely N-dealkylation sites (tertiary alicyclic amines) is 1. The lowest BCUT2D eigenvalue weighted by Crippen LogP contribution is -2.46. The Bertz CT molecular complexity index is 1000. The van der Waals surface area contributed by atoms with Gasteiger partial charge in [0, 0.05) is 18.4 Å². The fraction of sp³-hybridized carbons (Fsp3) is 0.440. The first kappa shape index (κ1) is 21.5. The van der Waals surface area contributed by atoms with Crippen LogP contribution in [0.4, 0.5) is 13.6 Å². The van der Waals surface area contributed by atoms with Crippen LogP contribution < -0.4 is 0 Å². The second-order valence-corrected chi connectivity index (χ2v) is 9.60. The van der Waals surface area contributed by atoms with Gasteiger partial charge in [-0.1, -0.05) is 30.3 Å². The number of ketones is 1. The predicted molar refractivity (Wildman–Crippen MR) is 113 cm³/mol. The highest BCUT2D eigenvalue weighted by molar-refractivity contribution is 5.90. The van der Waals surface area contributed by atoms with Crippen molar-refractivity contribution in [2.45, 2.75) is 57.1 Å². The fourth-order valence-electron chi connectivity index (χ4n) is 4.78. The van der Waals surface area contributed by atoms with Crippen LogP contribution in [0.25, 0.3) is 0 Å². The number of benzene rings is 2.